The number of carbonyl (C=O) groups is 1. The van der Waals surface area contributed by atoms with E-state index in [1.807, 2.05) is 52.1 Å². The first-order valence-corrected chi connectivity index (χ1v) is 11.4. The van der Waals surface area contributed by atoms with Crippen LogP contribution in [0.3, 0.4) is 0 Å². The largest absolute Gasteiger partial charge is 0.396 e. The first-order valence-electron chi connectivity index (χ1n) is 9.23. The normalized spacial score (nSPS) is 19.7. The Balaban J connectivity index is 1.51. The molecule has 0 radical (unpaired) electrons. The monoisotopic (exact) mass is 432 g/mol. The number of thiazole rings is 1. The maximum atomic E-state index is 13.1. The Morgan fingerprint density at radius 3 is 2.93 bits per heavy atom. The van der Waals surface area contributed by atoms with Crippen LogP contribution in [0.4, 0.5) is 0 Å². The maximum Gasteiger partial charge on any atom is 0.273 e. The summed E-state index contributed by atoms with van der Waals surface area (Å²) < 4.78 is 0. The smallest absolute Gasteiger partial charge is 0.273 e. The molecule has 1 amide bonds. The number of likely N-dealkylation sites (tertiary alicyclic amines) is 1. The average Bonchev–Trinajstić information content (AvgIpc) is 3.39. The fourth-order valence-electron chi connectivity index (χ4n) is 3.84. The molecule has 146 valence electrons. The zero-order valence-corrected chi connectivity index (χ0v) is 17.7. The number of amides is 1. The first-order chi connectivity index (χ1) is 13.6. The van der Waals surface area contributed by atoms with Gasteiger partial charge in [0.15, 0.2) is 0 Å². The summed E-state index contributed by atoms with van der Waals surface area (Å²) in [6.45, 7) is 1.27. The van der Waals surface area contributed by atoms with Gasteiger partial charge in [-0.25, -0.2) is 4.98 Å². The third-order valence-electron chi connectivity index (χ3n) is 5.21. The van der Waals surface area contributed by atoms with Gasteiger partial charge < -0.3 is 10.0 Å². The average molecular weight is 433 g/mol. The Labute approximate surface area is 177 Å². The molecule has 4 rings (SSSR count). The van der Waals surface area contributed by atoms with Crippen LogP contribution in [0.2, 0.25) is 5.02 Å². The van der Waals surface area contributed by atoms with E-state index in [1.54, 1.807) is 11.3 Å². The number of halogens is 1. The molecule has 7 heteroatoms. The standard InChI is InChI=1S/C21H21ClN2O2S2/c22-16-5-1-4-15(10-16)11-21(14-25)7-3-8-24(13-21)20(26)17-12-28-19(23-17)18-6-2-9-27-18/h1-2,4-6,9-10,12,25H,3,7-8,11,13-14H2/t21-/m0/s1. The molecule has 1 aromatic carbocycles. The summed E-state index contributed by atoms with van der Waals surface area (Å²) in [5, 5.41) is 15.6. The molecule has 2 aromatic heterocycles. The minimum absolute atomic E-state index is 0.0425. The van der Waals surface area contributed by atoms with E-state index in [0.717, 1.165) is 28.3 Å². The maximum absolute atomic E-state index is 13.1. The van der Waals surface area contributed by atoms with Crippen LogP contribution in [0.15, 0.2) is 47.2 Å². The summed E-state index contributed by atoms with van der Waals surface area (Å²) >= 11 is 9.24. The van der Waals surface area contributed by atoms with Crippen LogP contribution < -0.4 is 0 Å². The lowest BCUT2D eigenvalue weighted by molar-refractivity contribution is 0.0268. The van der Waals surface area contributed by atoms with Gasteiger partial charge in [0.05, 0.1) is 11.5 Å². The number of rotatable bonds is 5. The zero-order valence-electron chi connectivity index (χ0n) is 15.3. The molecule has 3 aromatic rings. The third kappa shape index (κ3) is 4.15. The lowest BCUT2D eigenvalue weighted by atomic mass is 9.75. The molecule has 0 spiro atoms. The van der Waals surface area contributed by atoms with Crippen molar-refractivity contribution in [3.63, 3.8) is 0 Å². The van der Waals surface area contributed by atoms with E-state index in [-0.39, 0.29) is 17.9 Å². The van der Waals surface area contributed by atoms with Crippen LogP contribution in [-0.2, 0) is 6.42 Å². The summed E-state index contributed by atoms with van der Waals surface area (Å²) in [6, 6.07) is 11.7. The van der Waals surface area contributed by atoms with Crippen molar-refractivity contribution in [2.45, 2.75) is 19.3 Å². The molecule has 1 saturated heterocycles. The van der Waals surface area contributed by atoms with Crippen molar-refractivity contribution in [2.24, 2.45) is 5.41 Å². The molecule has 28 heavy (non-hydrogen) atoms. The third-order valence-corrected chi connectivity index (χ3v) is 7.32. The molecule has 4 nitrogen and oxygen atoms in total. The van der Waals surface area contributed by atoms with Gasteiger partial charge >= 0.3 is 0 Å². The van der Waals surface area contributed by atoms with Crippen LogP contribution >= 0.6 is 34.3 Å². The molecule has 0 bridgehead atoms. The van der Waals surface area contributed by atoms with Gasteiger partial charge in [0, 0.05) is 28.9 Å². The number of aliphatic hydroxyl groups excluding tert-OH is 1. The zero-order chi connectivity index (χ0) is 19.6. The molecule has 1 aliphatic rings. The van der Waals surface area contributed by atoms with E-state index in [1.165, 1.54) is 11.3 Å². The second kappa shape index (κ2) is 8.33. The van der Waals surface area contributed by atoms with E-state index in [0.29, 0.717) is 30.2 Å². The number of thiophene rings is 1. The van der Waals surface area contributed by atoms with Gasteiger partial charge in [0.2, 0.25) is 0 Å². The number of benzene rings is 1. The highest BCUT2D eigenvalue weighted by Crippen LogP contribution is 2.35. The van der Waals surface area contributed by atoms with Crippen molar-refractivity contribution in [3.8, 4) is 9.88 Å². The fourth-order valence-corrected chi connectivity index (χ4v) is 5.66. The lowest BCUT2D eigenvalue weighted by Gasteiger charge is -2.41. The summed E-state index contributed by atoms with van der Waals surface area (Å²) in [4.78, 5) is 20.5. The van der Waals surface area contributed by atoms with Gasteiger partial charge in [-0.05, 0) is 48.4 Å². The number of hydrogen-bond acceptors (Lipinski definition) is 5. The van der Waals surface area contributed by atoms with E-state index in [2.05, 4.69) is 4.98 Å². The molecule has 0 saturated carbocycles. The SMILES string of the molecule is O=C(c1csc(-c2cccs2)n1)N1CCC[C@](CO)(Cc2cccc(Cl)c2)C1. The predicted octanol–water partition coefficient (Wildman–Crippen LogP) is 4.98. The Morgan fingerprint density at radius 1 is 1.29 bits per heavy atom. The minimum Gasteiger partial charge on any atom is -0.396 e. The molecular weight excluding hydrogens is 412 g/mol. The Morgan fingerprint density at radius 2 is 2.18 bits per heavy atom. The lowest BCUT2D eigenvalue weighted by Crippen LogP contribution is -2.49. The molecule has 1 atom stereocenters. The Hall–Kier alpha value is -1.73. The van der Waals surface area contributed by atoms with E-state index in [9.17, 15) is 9.90 Å². The number of hydrogen-bond donors (Lipinski definition) is 1. The number of aromatic nitrogens is 1. The first kappa shape index (κ1) is 19.6. The number of piperidine rings is 1. The van der Waals surface area contributed by atoms with Crippen molar-refractivity contribution in [1.82, 2.24) is 9.88 Å². The highest BCUT2D eigenvalue weighted by atomic mass is 35.5. The molecular formula is C21H21ClN2O2S2. The number of carbonyl (C=O) groups excluding carboxylic acids is 1. The second-order valence-electron chi connectivity index (χ2n) is 7.31. The fraction of sp³-hybridized carbons (Fsp3) is 0.333. The molecule has 1 N–H and O–H groups in total. The van der Waals surface area contributed by atoms with Crippen LogP contribution in [0, 0.1) is 5.41 Å². The van der Waals surface area contributed by atoms with Gasteiger partial charge in [-0.15, -0.1) is 22.7 Å². The number of nitrogens with zero attached hydrogens (tertiary/aromatic N) is 2. The van der Waals surface area contributed by atoms with Crippen molar-refractivity contribution >= 4 is 40.2 Å². The molecule has 0 aliphatic carbocycles. The summed E-state index contributed by atoms with van der Waals surface area (Å²) in [5.41, 5.74) is 1.24. The molecule has 1 fully saturated rings. The summed E-state index contributed by atoms with van der Waals surface area (Å²) in [5.74, 6) is -0.0531. The Bertz CT molecular complexity index is 957. The van der Waals surface area contributed by atoms with Gasteiger partial charge in [0.25, 0.3) is 5.91 Å². The summed E-state index contributed by atoms with van der Waals surface area (Å²) in [6.07, 6.45) is 2.46. The van der Waals surface area contributed by atoms with E-state index in [4.69, 9.17) is 11.6 Å². The van der Waals surface area contributed by atoms with Crippen molar-refractivity contribution in [2.75, 3.05) is 19.7 Å². The van der Waals surface area contributed by atoms with E-state index < -0.39 is 0 Å². The quantitative estimate of drug-likeness (QED) is 0.618. The van der Waals surface area contributed by atoms with Gasteiger partial charge in [0.1, 0.15) is 10.7 Å². The topological polar surface area (TPSA) is 53.4 Å². The molecule has 0 unspecified atom stereocenters. The van der Waals surface area contributed by atoms with Crippen molar-refractivity contribution in [3.05, 3.63) is 63.4 Å². The number of aliphatic hydroxyl groups is 1. The predicted molar refractivity (Wildman–Crippen MR) is 115 cm³/mol. The van der Waals surface area contributed by atoms with E-state index >= 15 is 0 Å². The van der Waals surface area contributed by atoms with Gasteiger partial charge in [-0.3, -0.25) is 4.79 Å². The van der Waals surface area contributed by atoms with Crippen molar-refractivity contribution in [1.29, 1.82) is 0 Å². The van der Waals surface area contributed by atoms with Gasteiger partial charge in [-0.2, -0.15) is 0 Å². The summed E-state index contributed by atoms with van der Waals surface area (Å²) in [7, 11) is 0. The molecule has 1 aliphatic heterocycles. The second-order valence-corrected chi connectivity index (χ2v) is 9.55. The highest BCUT2D eigenvalue weighted by Gasteiger charge is 2.37. The van der Waals surface area contributed by atoms with Gasteiger partial charge in [-0.1, -0.05) is 29.8 Å². The van der Waals surface area contributed by atoms with Crippen LogP contribution in [0.1, 0.15) is 28.9 Å². The van der Waals surface area contributed by atoms with Crippen LogP contribution in [-0.4, -0.2) is 40.6 Å². The van der Waals surface area contributed by atoms with Crippen LogP contribution in [0.5, 0.6) is 0 Å². The molecule has 3 heterocycles. The Kier molecular flexibility index (Phi) is 5.83. The highest BCUT2D eigenvalue weighted by molar-refractivity contribution is 7.20. The van der Waals surface area contributed by atoms with Crippen LogP contribution in [0.25, 0.3) is 9.88 Å². The van der Waals surface area contributed by atoms with Crippen molar-refractivity contribution < 1.29 is 9.90 Å². The minimum atomic E-state index is -0.342.